The van der Waals surface area contributed by atoms with E-state index in [9.17, 15) is 4.79 Å². The Balaban J connectivity index is 1.36. The minimum Gasteiger partial charge on any atom is -0.379 e. The maximum atomic E-state index is 12.2. The SMILES string of the molecule is O=C(N[C@@H]1COCCC12CCN(Cc1ccccn1)CC2)C1CC1. The summed E-state index contributed by atoms with van der Waals surface area (Å²) >= 11 is 0. The first kappa shape index (κ1) is 16.0. The average molecular weight is 329 g/mol. The number of carbonyl (C=O) groups is 1. The molecule has 0 radical (unpaired) electrons. The molecule has 1 aromatic rings. The molecule has 3 fully saturated rings. The molecular weight excluding hydrogens is 302 g/mol. The third-order valence-electron chi connectivity index (χ3n) is 6.00. The predicted molar refractivity (Wildman–Crippen MR) is 91.3 cm³/mol. The van der Waals surface area contributed by atoms with Gasteiger partial charge in [-0.05, 0) is 62.7 Å². The van der Waals surface area contributed by atoms with Crippen molar-refractivity contribution in [2.24, 2.45) is 11.3 Å². The van der Waals surface area contributed by atoms with Gasteiger partial charge in [0, 0.05) is 25.3 Å². The van der Waals surface area contributed by atoms with Crippen LogP contribution in [0.3, 0.4) is 0 Å². The molecule has 4 rings (SSSR count). The Hall–Kier alpha value is -1.46. The van der Waals surface area contributed by atoms with Crippen LogP contribution in [0.5, 0.6) is 0 Å². The van der Waals surface area contributed by atoms with Gasteiger partial charge in [0.25, 0.3) is 0 Å². The number of carbonyl (C=O) groups excluding carboxylic acids is 1. The van der Waals surface area contributed by atoms with Crippen LogP contribution in [0.4, 0.5) is 0 Å². The van der Waals surface area contributed by atoms with E-state index in [2.05, 4.69) is 27.3 Å². The lowest BCUT2D eigenvalue weighted by atomic mass is 9.69. The number of amides is 1. The number of aromatic nitrogens is 1. The summed E-state index contributed by atoms with van der Waals surface area (Å²) in [5, 5.41) is 3.31. The largest absolute Gasteiger partial charge is 0.379 e. The van der Waals surface area contributed by atoms with Crippen LogP contribution in [0, 0.1) is 11.3 Å². The van der Waals surface area contributed by atoms with Crippen molar-refractivity contribution >= 4 is 5.91 Å². The zero-order valence-corrected chi connectivity index (χ0v) is 14.2. The van der Waals surface area contributed by atoms with Gasteiger partial charge in [0.1, 0.15) is 0 Å². The summed E-state index contributed by atoms with van der Waals surface area (Å²) in [6.45, 7) is 4.58. The van der Waals surface area contributed by atoms with Gasteiger partial charge in [-0.1, -0.05) is 6.07 Å². The van der Waals surface area contributed by atoms with Crippen LogP contribution in [-0.2, 0) is 16.1 Å². The number of pyridine rings is 1. The molecule has 5 heteroatoms. The molecular formula is C19H27N3O2. The van der Waals surface area contributed by atoms with Gasteiger partial charge in [-0.2, -0.15) is 0 Å². The smallest absolute Gasteiger partial charge is 0.223 e. The number of hydrogen-bond acceptors (Lipinski definition) is 4. The van der Waals surface area contributed by atoms with Gasteiger partial charge >= 0.3 is 0 Å². The van der Waals surface area contributed by atoms with Crippen molar-refractivity contribution in [1.82, 2.24) is 15.2 Å². The molecule has 5 nitrogen and oxygen atoms in total. The van der Waals surface area contributed by atoms with Crippen LogP contribution in [0.2, 0.25) is 0 Å². The Morgan fingerprint density at radius 1 is 1.29 bits per heavy atom. The van der Waals surface area contributed by atoms with Crippen LogP contribution in [0.25, 0.3) is 0 Å². The summed E-state index contributed by atoms with van der Waals surface area (Å²) in [7, 11) is 0. The van der Waals surface area contributed by atoms with Crippen LogP contribution in [0.15, 0.2) is 24.4 Å². The summed E-state index contributed by atoms with van der Waals surface area (Å²) in [6.07, 6.45) is 7.33. The first-order valence-corrected chi connectivity index (χ1v) is 9.26. The molecule has 3 aliphatic rings. The summed E-state index contributed by atoms with van der Waals surface area (Å²) in [6, 6.07) is 6.30. The number of ether oxygens (including phenoxy) is 1. The molecule has 130 valence electrons. The number of nitrogens with one attached hydrogen (secondary N) is 1. The molecule has 1 aliphatic carbocycles. The van der Waals surface area contributed by atoms with E-state index in [1.807, 2.05) is 12.3 Å². The second kappa shape index (κ2) is 6.81. The second-order valence-corrected chi connectivity index (χ2v) is 7.62. The highest BCUT2D eigenvalue weighted by Crippen LogP contribution is 2.41. The zero-order chi connectivity index (χ0) is 16.4. The fourth-order valence-electron chi connectivity index (χ4n) is 4.13. The maximum absolute atomic E-state index is 12.2. The van der Waals surface area contributed by atoms with Gasteiger partial charge in [0.15, 0.2) is 0 Å². The zero-order valence-electron chi connectivity index (χ0n) is 14.2. The lowest BCUT2D eigenvalue weighted by Gasteiger charge is -2.49. The molecule has 0 unspecified atom stereocenters. The molecule has 1 spiro atoms. The third kappa shape index (κ3) is 3.47. The lowest BCUT2D eigenvalue weighted by molar-refractivity contribution is -0.127. The minimum atomic E-state index is 0.191. The van der Waals surface area contributed by atoms with Crippen LogP contribution in [0.1, 0.15) is 37.8 Å². The molecule has 2 saturated heterocycles. The monoisotopic (exact) mass is 329 g/mol. The van der Waals surface area contributed by atoms with E-state index in [1.54, 1.807) is 0 Å². The topological polar surface area (TPSA) is 54.5 Å². The van der Waals surface area contributed by atoms with Crippen molar-refractivity contribution in [1.29, 1.82) is 0 Å². The van der Waals surface area contributed by atoms with Gasteiger partial charge in [-0.25, -0.2) is 0 Å². The maximum Gasteiger partial charge on any atom is 0.223 e. The highest BCUT2D eigenvalue weighted by Gasteiger charge is 2.45. The van der Waals surface area contributed by atoms with E-state index >= 15 is 0 Å². The molecule has 1 amide bonds. The summed E-state index contributed by atoms with van der Waals surface area (Å²) in [5.74, 6) is 0.522. The summed E-state index contributed by atoms with van der Waals surface area (Å²) in [5.41, 5.74) is 1.36. The van der Waals surface area contributed by atoms with E-state index in [4.69, 9.17) is 4.74 Å². The summed E-state index contributed by atoms with van der Waals surface area (Å²) < 4.78 is 5.69. The molecule has 3 heterocycles. The van der Waals surface area contributed by atoms with Gasteiger partial charge < -0.3 is 10.1 Å². The average Bonchev–Trinajstić information content (AvgIpc) is 3.45. The van der Waals surface area contributed by atoms with E-state index in [0.717, 1.165) is 64.0 Å². The van der Waals surface area contributed by atoms with E-state index in [-0.39, 0.29) is 23.3 Å². The molecule has 1 saturated carbocycles. The molecule has 0 bridgehead atoms. The van der Waals surface area contributed by atoms with E-state index in [1.165, 1.54) is 0 Å². The molecule has 1 aromatic heterocycles. The fourth-order valence-corrected chi connectivity index (χ4v) is 4.13. The molecule has 2 aliphatic heterocycles. The van der Waals surface area contributed by atoms with Gasteiger partial charge in [0.05, 0.1) is 18.3 Å². The number of likely N-dealkylation sites (tertiary alicyclic amines) is 1. The van der Waals surface area contributed by atoms with Crippen molar-refractivity contribution in [2.75, 3.05) is 26.3 Å². The number of rotatable bonds is 4. The van der Waals surface area contributed by atoms with Crippen LogP contribution >= 0.6 is 0 Å². The minimum absolute atomic E-state index is 0.191. The van der Waals surface area contributed by atoms with Crippen molar-refractivity contribution < 1.29 is 9.53 Å². The highest BCUT2D eigenvalue weighted by molar-refractivity contribution is 5.81. The Morgan fingerprint density at radius 3 is 2.83 bits per heavy atom. The van der Waals surface area contributed by atoms with Crippen molar-refractivity contribution in [3.8, 4) is 0 Å². The van der Waals surface area contributed by atoms with Crippen LogP contribution < -0.4 is 5.32 Å². The first-order valence-electron chi connectivity index (χ1n) is 9.26. The Morgan fingerprint density at radius 2 is 2.12 bits per heavy atom. The van der Waals surface area contributed by atoms with E-state index < -0.39 is 0 Å². The van der Waals surface area contributed by atoms with Crippen molar-refractivity contribution in [3.05, 3.63) is 30.1 Å². The Bertz CT molecular complexity index is 565. The number of nitrogens with zero attached hydrogens (tertiary/aromatic N) is 2. The lowest BCUT2D eigenvalue weighted by Crippen LogP contribution is -2.57. The molecule has 1 atom stereocenters. The van der Waals surface area contributed by atoms with Gasteiger partial charge in [-0.15, -0.1) is 0 Å². The van der Waals surface area contributed by atoms with Gasteiger partial charge in [-0.3, -0.25) is 14.7 Å². The standard InChI is InChI=1S/C19H27N3O2/c23-18(15-4-5-15)21-17-14-24-12-8-19(17)6-10-22(11-7-19)13-16-3-1-2-9-20-16/h1-3,9,15,17H,4-8,10-14H2,(H,21,23)/t17-/m1/s1. The number of hydrogen-bond donors (Lipinski definition) is 1. The highest BCUT2D eigenvalue weighted by atomic mass is 16.5. The molecule has 24 heavy (non-hydrogen) atoms. The molecule has 1 N–H and O–H groups in total. The Labute approximate surface area is 143 Å². The molecule has 0 aromatic carbocycles. The van der Waals surface area contributed by atoms with Crippen LogP contribution in [-0.4, -0.2) is 48.1 Å². The van der Waals surface area contributed by atoms with Crippen molar-refractivity contribution in [2.45, 2.75) is 44.7 Å². The fraction of sp³-hybridized carbons (Fsp3) is 0.684. The number of piperidine rings is 1. The van der Waals surface area contributed by atoms with Gasteiger partial charge in [0.2, 0.25) is 5.91 Å². The first-order chi connectivity index (χ1) is 11.8. The quantitative estimate of drug-likeness (QED) is 0.918. The summed E-state index contributed by atoms with van der Waals surface area (Å²) in [4.78, 5) is 19.1. The third-order valence-corrected chi connectivity index (χ3v) is 6.00. The van der Waals surface area contributed by atoms with Crippen molar-refractivity contribution in [3.63, 3.8) is 0 Å². The van der Waals surface area contributed by atoms with E-state index in [0.29, 0.717) is 6.61 Å². The second-order valence-electron chi connectivity index (χ2n) is 7.62. The Kier molecular flexibility index (Phi) is 4.55. The predicted octanol–water partition coefficient (Wildman–Crippen LogP) is 1.98. The normalized spacial score (nSPS) is 27.1.